The minimum Gasteiger partial charge on any atom is -0.294 e. The van der Waals surface area contributed by atoms with Crippen molar-refractivity contribution in [3.05, 3.63) is 76.0 Å². The predicted octanol–water partition coefficient (Wildman–Crippen LogP) is 5.18. The van der Waals surface area contributed by atoms with E-state index in [1.54, 1.807) is 17.0 Å². The molecule has 1 aliphatic carbocycles. The number of allylic oxidation sites excluding steroid dienone is 2. The third-order valence-electron chi connectivity index (χ3n) is 5.20. The number of amides is 1. The highest BCUT2D eigenvalue weighted by Crippen LogP contribution is 2.43. The largest absolute Gasteiger partial charge is 0.294 e. The summed E-state index contributed by atoms with van der Waals surface area (Å²) in [6, 6.07) is 15.4. The summed E-state index contributed by atoms with van der Waals surface area (Å²) >= 11 is 6.00. The molecular formula is C22H20ClNO2. The van der Waals surface area contributed by atoms with Crippen molar-refractivity contribution in [3.8, 4) is 0 Å². The van der Waals surface area contributed by atoms with Crippen molar-refractivity contribution < 1.29 is 9.59 Å². The first-order valence-corrected chi connectivity index (χ1v) is 9.34. The molecular weight excluding hydrogens is 346 g/mol. The molecule has 0 aromatic heterocycles. The lowest BCUT2D eigenvalue weighted by Gasteiger charge is -2.38. The van der Waals surface area contributed by atoms with Gasteiger partial charge >= 0.3 is 0 Å². The third kappa shape index (κ3) is 2.97. The van der Waals surface area contributed by atoms with E-state index in [1.165, 1.54) is 0 Å². The maximum atomic E-state index is 13.1. The molecule has 1 atom stereocenters. The molecule has 0 radical (unpaired) electrons. The van der Waals surface area contributed by atoms with Crippen molar-refractivity contribution in [1.82, 2.24) is 0 Å². The second kappa shape index (κ2) is 6.73. The zero-order valence-electron chi connectivity index (χ0n) is 14.7. The van der Waals surface area contributed by atoms with E-state index in [2.05, 4.69) is 6.07 Å². The summed E-state index contributed by atoms with van der Waals surface area (Å²) < 4.78 is 0. The standard InChI is InChI=1S/C22H20ClNO2/c1-14-4-2-5-15(12-14)18-13-21(26)24(17-10-8-16(23)9-11-17)19-6-3-7-20(25)22(18)19/h2,4-5,8-12,18H,3,6-7,13H2,1H3. The fourth-order valence-corrected chi connectivity index (χ4v) is 4.18. The molecule has 0 spiro atoms. The molecule has 1 aliphatic heterocycles. The van der Waals surface area contributed by atoms with Gasteiger partial charge in [0.15, 0.2) is 5.78 Å². The number of hydrogen-bond donors (Lipinski definition) is 0. The Morgan fingerprint density at radius 1 is 1.04 bits per heavy atom. The second-order valence-corrected chi connectivity index (χ2v) is 7.45. The van der Waals surface area contributed by atoms with Gasteiger partial charge in [-0.15, -0.1) is 0 Å². The van der Waals surface area contributed by atoms with Crippen molar-refractivity contribution >= 4 is 29.0 Å². The van der Waals surface area contributed by atoms with Crippen LogP contribution in [0.4, 0.5) is 5.69 Å². The average molecular weight is 366 g/mol. The number of hydrogen-bond acceptors (Lipinski definition) is 2. The number of aryl methyl sites for hydroxylation is 1. The Kier molecular flexibility index (Phi) is 4.41. The van der Waals surface area contributed by atoms with Gasteiger partial charge in [0.25, 0.3) is 0 Å². The number of anilines is 1. The molecule has 26 heavy (non-hydrogen) atoms. The van der Waals surface area contributed by atoms with Gasteiger partial charge in [-0.1, -0.05) is 41.4 Å². The third-order valence-corrected chi connectivity index (χ3v) is 5.46. The summed E-state index contributed by atoms with van der Waals surface area (Å²) in [7, 11) is 0. The molecule has 2 aromatic carbocycles. The molecule has 0 saturated heterocycles. The van der Waals surface area contributed by atoms with Crippen LogP contribution < -0.4 is 4.90 Å². The molecule has 0 N–H and O–H groups in total. The van der Waals surface area contributed by atoms with Gasteiger partial charge in [-0.25, -0.2) is 0 Å². The predicted molar refractivity (Wildman–Crippen MR) is 103 cm³/mol. The fourth-order valence-electron chi connectivity index (χ4n) is 4.05. The summed E-state index contributed by atoms with van der Waals surface area (Å²) in [6.07, 6.45) is 2.41. The Balaban J connectivity index is 1.85. The van der Waals surface area contributed by atoms with Crippen LogP contribution in [0.2, 0.25) is 5.02 Å². The summed E-state index contributed by atoms with van der Waals surface area (Å²) in [5.74, 6) is 0.0604. The average Bonchev–Trinajstić information content (AvgIpc) is 2.62. The Morgan fingerprint density at radius 2 is 1.81 bits per heavy atom. The van der Waals surface area contributed by atoms with E-state index in [4.69, 9.17) is 11.6 Å². The smallest absolute Gasteiger partial charge is 0.232 e. The van der Waals surface area contributed by atoms with Gasteiger partial charge in [0.05, 0.1) is 0 Å². The number of benzene rings is 2. The molecule has 132 valence electrons. The molecule has 3 nitrogen and oxygen atoms in total. The molecule has 2 aliphatic rings. The van der Waals surface area contributed by atoms with Crippen LogP contribution in [-0.4, -0.2) is 11.7 Å². The van der Waals surface area contributed by atoms with Gasteiger partial charge < -0.3 is 0 Å². The van der Waals surface area contributed by atoms with E-state index in [-0.39, 0.29) is 17.6 Å². The van der Waals surface area contributed by atoms with E-state index < -0.39 is 0 Å². The molecule has 4 heteroatoms. The van der Waals surface area contributed by atoms with Gasteiger partial charge in [-0.3, -0.25) is 14.5 Å². The summed E-state index contributed by atoms with van der Waals surface area (Å²) in [6.45, 7) is 2.03. The number of halogens is 1. The molecule has 0 fully saturated rings. The Hall–Kier alpha value is -2.39. The number of Topliss-reactive ketones (excluding diaryl/α,β-unsaturated/α-hetero) is 1. The van der Waals surface area contributed by atoms with Crippen LogP contribution in [0.1, 0.15) is 42.7 Å². The van der Waals surface area contributed by atoms with Crippen LogP contribution in [0.15, 0.2) is 59.8 Å². The molecule has 4 rings (SSSR count). The highest BCUT2D eigenvalue weighted by molar-refractivity contribution is 6.30. The topological polar surface area (TPSA) is 37.4 Å². The number of carbonyl (C=O) groups excluding carboxylic acids is 2. The lowest BCUT2D eigenvalue weighted by Crippen LogP contribution is -2.40. The molecule has 1 amide bonds. The van der Waals surface area contributed by atoms with Crippen LogP contribution in [-0.2, 0) is 9.59 Å². The molecule has 1 unspecified atom stereocenters. The Morgan fingerprint density at radius 3 is 2.54 bits per heavy atom. The van der Waals surface area contributed by atoms with Crippen LogP contribution in [0.3, 0.4) is 0 Å². The van der Waals surface area contributed by atoms with E-state index in [1.807, 2.05) is 37.3 Å². The second-order valence-electron chi connectivity index (χ2n) is 7.01. The lowest BCUT2D eigenvalue weighted by atomic mass is 9.77. The lowest BCUT2D eigenvalue weighted by molar-refractivity contribution is -0.119. The SMILES string of the molecule is Cc1cccc(C2CC(=O)N(c3ccc(Cl)cc3)C3=C2C(=O)CCC3)c1. The van der Waals surface area contributed by atoms with Crippen molar-refractivity contribution in [2.75, 3.05) is 4.90 Å². The van der Waals surface area contributed by atoms with E-state index in [0.717, 1.165) is 40.9 Å². The van der Waals surface area contributed by atoms with Crippen molar-refractivity contribution in [1.29, 1.82) is 0 Å². The van der Waals surface area contributed by atoms with Crippen LogP contribution >= 0.6 is 11.6 Å². The van der Waals surface area contributed by atoms with Crippen molar-refractivity contribution in [2.24, 2.45) is 0 Å². The first-order chi connectivity index (χ1) is 12.5. The minimum atomic E-state index is -0.145. The van der Waals surface area contributed by atoms with Crippen LogP contribution in [0.25, 0.3) is 0 Å². The summed E-state index contributed by atoms with van der Waals surface area (Å²) in [5.41, 5.74) is 4.66. The van der Waals surface area contributed by atoms with Gasteiger partial charge in [-0.2, -0.15) is 0 Å². The van der Waals surface area contributed by atoms with Gasteiger partial charge in [0.2, 0.25) is 5.91 Å². The van der Waals surface area contributed by atoms with E-state index >= 15 is 0 Å². The van der Waals surface area contributed by atoms with Crippen molar-refractivity contribution in [3.63, 3.8) is 0 Å². The zero-order chi connectivity index (χ0) is 18.3. The first-order valence-electron chi connectivity index (χ1n) is 8.96. The Labute approximate surface area is 158 Å². The highest BCUT2D eigenvalue weighted by atomic mass is 35.5. The first kappa shape index (κ1) is 17.0. The monoisotopic (exact) mass is 365 g/mol. The van der Waals surface area contributed by atoms with Gasteiger partial charge in [0.1, 0.15) is 0 Å². The quantitative estimate of drug-likeness (QED) is 0.735. The van der Waals surface area contributed by atoms with Gasteiger partial charge in [0, 0.05) is 40.7 Å². The minimum absolute atomic E-state index is 0.0345. The maximum Gasteiger partial charge on any atom is 0.232 e. The number of carbonyl (C=O) groups is 2. The van der Waals surface area contributed by atoms with Crippen LogP contribution in [0.5, 0.6) is 0 Å². The number of rotatable bonds is 2. The van der Waals surface area contributed by atoms with Crippen LogP contribution in [0, 0.1) is 6.92 Å². The van der Waals surface area contributed by atoms with Crippen molar-refractivity contribution in [2.45, 2.75) is 38.5 Å². The highest BCUT2D eigenvalue weighted by Gasteiger charge is 2.39. The summed E-state index contributed by atoms with van der Waals surface area (Å²) in [4.78, 5) is 27.6. The molecule has 0 bridgehead atoms. The molecule has 0 saturated carbocycles. The zero-order valence-corrected chi connectivity index (χ0v) is 15.4. The number of nitrogens with zero attached hydrogens (tertiary/aromatic N) is 1. The Bertz CT molecular complexity index is 914. The normalized spacial score (nSPS) is 20.4. The number of ketones is 1. The van der Waals surface area contributed by atoms with E-state index in [0.29, 0.717) is 17.9 Å². The molecule has 1 heterocycles. The maximum absolute atomic E-state index is 13.1. The fraction of sp³-hybridized carbons (Fsp3) is 0.273. The molecule has 2 aromatic rings. The van der Waals surface area contributed by atoms with E-state index in [9.17, 15) is 9.59 Å². The summed E-state index contributed by atoms with van der Waals surface area (Å²) in [5, 5.41) is 0.629. The van der Waals surface area contributed by atoms with Gasteiger partial charge in [-0.05, 0) is 49.6 Å².